The van der Waals surface area contributed by atoms with E-state index in [-0.39, 0.29) is 0 Å². The molecule has 3 rings (SSSR count). The second kappa shape index (κ2) is 4.63. The predicted octanol–water partition coefficient (Wildman–Crippen LogP) is 3.59. The molecule has 0 fully saturated rings. The summed E-state index contributed by atoms with van der Waals surface area (Å²) in [4.78, 5) is 0. The summed E-state index contributed by atoms with van der Waals surface area (Å²) in [6.45, 7) is 0. The van der Waals surface area contributed by atoms with Gasteiger partial charge in [0.05, 0.1) is 11.9 Å². The van der Waals surface area contributed by atoms with Gasteiger partial charge in [0.1, 0.15) is 5.69 Å². The van der Waals surface area contributed by atoms with Crippen LogP contribution in [0.3, 0.4) is 0 Å². The van der Waals surface area contributed by atoms with Crippen molar-refractivity contribution < 1.29 is 0 Å². The van der Waals surface area contributed by atoms with Crippen molar-refractivity contribution in [1.29, 1.82) is 0 Å². The fourth-order valence-electron chi connectivity index (χ4n) is 1.75. The molecular formula is C14H10ClN3. The molecule has 0 bridgehead atoms. The minimum atomic E-state index is 0.696. The Hall–Kier alpha value is -2.13. The Labute approximate surface area is 110 Å². The fourth-order valence-corrected chi connectivity index (χ4v) is 1.94. The molecule has 3 nitrogen and oxygen atoms in total. The summed E-state index contributed by atoms with van der Waals surface area (Å²) in [5, 5.41) is 8.97. The third kappa shape index (κ3) is 2.13. The van der Waals surface area contributed by atoms with Crippen LogP contribution in [-0.4, -0.2) is 15.0 Å². The van der Waals surface area contributed by atoms with Gasteiger partial charge in [-0.3, -0.25) is 0 Å². The van der Waals surface area contributed by atoms with Crippen molar-refractivity contribution >= 4 is 11.6 Å². The van der Waals surface area contributed by atoms with Crippen LogP contribution in [0, 0.1) is 0 Å². The van der Waals surface area contributed by atoms with Crippen molar-refractivity contribution in [1.82, 2.24) is 15.0 Å². The summed E-state index contributed by atoms with van der Waals surface area (Å²) in [5.74, 6) is 0. The van der Waals surface area contributed by atoms with Gasteiger partial charge in [0.25, 0.3) is 0 Å². The molecular weight excluding hydrogens is 246 g/mol. The van der Waals surface area contributed by atoms with Crippen molar-refractivity contribution in [2.75, 3.05) is 0 Å². The van der Waals surface area contributed by atoms with Gasteiger partial charge in [-0.2, -0.15) is 0 Å². The van der Waals surface area contributed by atoms with Gasteiger partial charge >= 0.3 is 0 Å². The first-order valence-corrected chi connectivity index (χ1v) is 5.94. The molecule has 0 spiro atoms. The monoisotopic (exact) mass is 255 g/mol. The van der Waals surface area contributed by atoms with E-state index < -0.39 is 0 Å². The molecule has 1 aromatic heterocycles. The van der Waals surface area contributed by atoms with Crippen molar-refractivity contribution in [3.8, 4) is 16.9 Å². The van der Waals surface area contributed by atoms with E-state index in [2.05, 4.69) is 10.3 Å². The van der Waals surface area contributed by atoms with Gasteiger partial charge in [-0.1, -0.05) is 47.1 Å². The van der Waals surface area contributed by atoms with Gasteiger partial charge in [-0.15, -0.1) is 5.10 Å². The smallest absolute Gasteiger partial charge is 0.113 e. The molecule has 3 aromatic rings. The average molecular weight is 256 g/mol. The quantitative estimate of drug-likeness (QED) is 0.701. The first-order valence-electron chi connectivity index (χ1n) is 5.57. The molecule has 0 saturated heterocycles. The van der Waals surface area contributed by atoms with E-state index in [9.17, 15) is 0 Å². The fraction of sp³-hybridized carbons (Fsp3) is 0. The Morgan fingerprint density at radius 2 is 1.78 bits per heavy atom. The van der Waals surface area contributed by atoms with Crippen LogP contribution in [0.4, 0.5) is 0 Å². The van der Waals surface area contributed by atoms with E-state index in [1.54, 1.807) is 4.68 Å². The molecule has 1 heterocycles. The van der Waals surface area contributed by atoms with Crippen molar-refractivity contribution in [3.05, 3.63) is 65.8 Å². The number of aromatic nitrogens is 3. The maximum atomic E-state index is 5.96. The van der Waals surface area contributed by atoms with Gasteiger partial charge in [-0.05, 0) is 24.3 Å². The van der Waals surface area contributed by atoms with Gasteiger partial charge in [-0.25, -0.2) is 4.68 Å². The van der Waals surface area contributed by atoms with Crippen LogP contribution in [0.5, 0.6) is 0 Å². The van der Waals surface area contributed by atoms with Crippen molar-refractivity contribution in [3.63, 3.8) is 0 Å². The third-order valence-electron chi connectivity index (χ3n) is 2.63. The van der Waals surface area contributed by atoms with Crippen LogP contribution in [0.25, 0.3) is 16.9 Å². The van der Waals surface area contributed by atoms with E-state index in [1.807, 2.05) is 60.8 Å². The lowest BCUT2D eigenvalue weighted by Crippen LogP contribution is -1.93. The highest BCUT2D eigenvalue weighted by molar-refractivity contribution is 6.30. The number of benzene rings is 2. The Morgan fingerprint density at radius 3 is 2.56 bits per heavy atom. The second-order valence-corrected chi connectivity index (χ2v) is 4.33. The van der Waals surface area contributed by atoms with Crippen LogP contribution in [0.1, 0.15) is 0 Å². The Bertz CT molecular complexity index is 662. The minimum Gasteiger partial charge on any atom is -0.220 e. The summed E-state index contributed by atoms with van der Waals surface area (Å²) in [5.41, 5.74) is 2.75. The van der Waals surface area contributed by atoms with Gasteiger partial charge < -0.3 is 0 Å². The normalized spacial score (nSPS) is 10.5. The first-order chi connectivity index (χ1) is 8.83. The maximum absolute atomic E-state index is 5.96. The molecule has 0 aliphatic carbocycles. The molecule has 18 heavy (non-hydrogen) atoms. The standard InChI is InChI=1S/C14H10ClN3/c15-12-6-4-5-11(9-12)14-10-18(17-16-14)13-7-2-1-3-8-13/h1-10H. The molecule has 0 amide bonds. The molecule has 0 N–H and O–H groups in total. The summed E-state index contributed by atoms with van der Waals surface area (Å²) in [6.07, 6.45) is 1.89. The van der Waals surface area contributed by atoms with Gasteiger partial charge in [0.2, 0.25) is 0 Å². The summed E-state index contributed by atoms with van der Waals surface area (Å²) in [6, 6.07) is 17.5. The zero-order valence-electron chi connectivity index (χ0n) is 9.49. The zero-order chi connectivity index (χ0) is 12.4. The molecule has 88 valence electrons. The van der Waals surface area contributed by atoms with E-state index in [0.29, 0.717) is 5.02 Å². The number of rotatable bonds is 2. The zero-order valence-corrected chi connectivity index (χ0v) is 10.2. The number of hydrogen-bond donors (Lipinski definition) is 0. The Morgan fingerprint density at radius 1 is 0.944 bits per heavy atom. The molecule has 0 saturated carbocycles. The lowest BCUT2D eigenvalue weighted by Gasteiger charge is -1.98. The second-order valence-electron chi connectivity index (χ2n) is 3.89. The lowest BCUT2D eigenvalue weighted by atomic mass is 10.2. The molecule has 0 radical (unpaired) electrons. The molecule has 0 unspecified atom stereocenters. The van der Waals surface area contributed by atoms with Crippen LogP contribution >= 0.6 is 11.6 Å². The van der Waals surface area contributed by atoms with Gasteiger partial charge in [0.15, 0.2) is 0 Å². The summed E-state index contributed by atoms with van der Waals surface area (Å²) in [7, 11) is 0. The van der Waals surface area contributed by atoms with E-state index >= 15 is 0 Å². The lowest BCUT2D eigenvalue weighted by molar-refractivity contribution is 0.804. The third-order valence-corrected chi connectivity index (χ3v) is 2.87. The van der Waals surface area contributed by atoms with Gasteiger partial charge in [0, 0.05) is 10.6 Å². The van der Waals surface area contributed by atoms with Crippen molar-refractivity contribution in [2.24, 2.45) is 0 Å². The first kappa shape index (κ1) is 11.0. The van der Waals surface area contributed by atoms with Crippen LogP contribution in [0.15, 0.2) is 60.8 Å². The van der Waals surface area contributed by atoms with E-state index in [0.717, 1.165) is 16.9 Å². The number of nitrogens with zero attached hydrogens (tertiary/aromatic N) is 3. The summed E-state index contributed by atoms with van der Waals surface area (Å²) >= 11 is 5.96. The Balaban J connectivity index is 2.00. The number of halogens is 1. The largest absolute Gasteiger partial charge is 0.220 e. The molecule has 4 heteroatoms. The van der Waals surface area contributed by atoms with Crippen molar-refractivity contribution in [2.45, 2.75) is 0 Å². The molecule has 0 atom stereocenters. The highest BCUT2D eigenvalue weighted by Crippen LogP contribution is 2.21. The van der Waals surface area contributed by atoms with Crippen LogP contribution < -0.4 is 0 Å². The highest BCUT2D eigenvalue weighted by Gasteiger charge is 2.05. The van der Waals surface area contributed by atoms with E-state index in [4.69, 9.17) is 11.6 Å². The summed E-state index contributed by atoms with van der Waals surface area (Å²) < 4.78 is 1.75. The minimum absolute atomic E-state index is 0.696. The van der Waals surface area contributed by atoms with Crippen LogP contribution in [-0.2, 0) is 0 Å². The molecule has 0 aliphatic rings. The van der Waals surface area contributed by atoms with Crippen LogP contribution in [0.2, 0.25) is 5.02 Å². The SMILES string of the molecule is Clc1cccc(-c2cn(-c3ccccc3)nn2)c1. The van der Waals surface area contributed by atoms with E-state index in [1.165, 1.54) is 0 Å². The molecule has 0 aliphatic heterocycles. The molecule has 2 aromatic carbocycles. The topological polar surface area (TPSA) is 30.7 Å². The number of para-hydroxylation sites is 1. The average Bonchev–Trinajstić information content (AvgIpc) is 2.89. The Kier molecular flexibility index (Phi) is 2.82. The predicted molar refractivity (Wildman–Crippen MR) is 71.8 cm³/mol. The number of hydrogen-bond acceptors (Lipinski definition) is 2. The maximum Gasteiger partial charge on any atom is 0.113 e. The highest BCUT2D eigenvalue weighted by atomic mass is 35.5.